The van der Waals surface area contributed by atoms with Crippen LogP contribution in [0.5, 0.6) is 0 Å². The summed E-state index contributed by atoms with van der Waals surface area (Å²) in [6.07, 6.45) is 2.39. The molecule has 1 fully saturated rings. The maximum atomic E-state index is 12.6. The van der Waals surface area contributed by atoms with Crippen molar-refractivity contribution in [3.63, 3.8) is 0 Å². The Hall–Kier alpha value is -1.84. The molecule has 108 valence electrons. The van der Waals surface area contributed by atoms with Gasteiger partial charge >= 0.3 is 5.97 Å². The Balaban J connectivity index is 2.05. The number of carbonyl (C=O) groups is 2. The summed E-state index contributed by atoms with van der Waals surface area (Å²) in [7, 11) is 1.77. The molecule has 0 aliphatic heterocycles. The highest BCUT2D eigenvalue weighted by atomic mass is 16.4. The van der Waals surface area contributed by atoms with Crippen molar-refractivity contribution in [1.82, 2.24) is 4.90 Å². The Morgan fingerprint density at radius 2 is 1.95 bits per heavy atom. The number of aryl methyl sites for hydroxylation is 1. The molecule has 1 saturated carbocycles. The highest BCUT2D eigenvalue weighted by Gasteiger charge is 2.52. The topological polar surface area (TPSA) is 57.6 Å². The van der Waals surface area contributed by atoms with Crippen LogP contribution in [0.4, 0.5) is 0 Å². The van der Waals surface area contributed by atoms with Crippen LogP contribution in [-0.2, 0) is 15.0 Å². The fraction of sp³-hybridized carbons (Fsp3) is 0.500. The van der Waals surface area contributed by atoms with E-state index in [1.165, 1.54) is 0 Å². The van der Waals surface area contributed by atoms with Crippen LogP contribution in [0, 0.1) is 6.92 Å². The first-order valence-corrected chi connectivity index (χ1v) is 7.01. The fourth-order valence-corrected chi connectivity index (χ4v) is 2.77. The summed E-state index contributed by atoms with van der Waals surface area (Å²) in [5, 5.41) is 8.65. The van der Waals surface area contributed by atoms with Crippen LogP contribution in [0.1, 0.15) is 36.8 Å². The van der Waals surface area contributed by atoms with Crippen LogP contribution >= 0.6 is 0 Å². The fourth-order valence-electron chi connectivity index (χ4n) is 2.77. The molecule has 0 bridgehead atoms. The number of rotatable bonds is 6. The highest BCUT2D eigenvalue weighted by molar-refractivity contribution is 5.91. The number of hydrogen-bond acceptors (Lipinski definition) is 2. The minimum Gasteiger partial charge on any atom is -0.481 e. The summed E-state index contributed by atoms with van der Waals surface area (Å²) in [5.41, 5.74) is 1.91. The molecular formula is C16H21NO3. The first-order valence-electron chi connectivity index (χ1n) is 7.01. The number of nitrogens with zero attached hydrogens (tertiary/aromatic N) is 1. The summed E-state index contributed by atoms with van der Waals surface area (Å²) >= 11 is 0. The van der Waals surface area contributed by atoms with E-state index in [1.807, 2.05) is 31.2 Å². The van der Waals surface area contributed by atoms with Crippen molar-refractivity contribution >= 4 is 11.9 Å². The molecule has 4 nitrogen and oxygen atoms in total. The number of amides is 1. The van der Waals surface area contributed by atoms with Crippen molar-refractivity contribution in [2.45, 2.75) is 38.0 Å². The van der Waals surface area contributed by atoms with Gasteiger partial charge in [0.1, 0.15) is 0 Å². The van der Waals surface area contributed by atoms with Crippen LogP contribution in [-0.4, -0.2) is 35.5 Å². The smallest absolute Gasteiger partial charge is 0.303 e. The van der Waals surface area contributed by atoms with Gasteiger partial charge in [-0.1, -0.05) is 24.3 Å². The summed E-state index contributed by atoms with van der Waals surface area (Å²) in [5.74, 6) is -0.692. The zero-order chi connectivity index (χ0) is 14.8. The summed E-state index contributed by atoms with van der Waals surface area (Å²) in [6.45, 7) is 2.53. The SMILES string of the molecule is Cc1ccccc1C1(C(=O)N(C)CCCC(=O)O)CC1. The number of aliphatic carboxylic acids is 1. The normalized spacial score (nSPS) is 15.7. The average Bonchev–Trinajstić information content (AvgIpc) is 3.19. The van der Waals surface area contributed by atoms with Gasteiger partial charge in [-0.3, -0.25) is 9.59 Å². The Morgan fingerprint density at radius 3 is 2.50 bits per heavy atom. The van der Waals surface area contributed by atoms with E-state index in [-0.39, 0.29) is 17.7 Å². The molecule has 1 amide bonds. The molecule has 1 aliphatic rings. The molecule has 4 heteroatoms. The van der Waals surface area contributed by atoms with Gasteiger partial charge in [-0.05, 0) is 37.3 Å². The van der Waals surface area contributed by atoms with Gasteiger partial charge < -0.3 is 10.0 Å². The molecule has 0 atom stereocenters. The number of benzene rings is 1. The van der Waals surface area contributed by atoms with E-state index in [2.05, 4.69) is 0 Å². The lowest BCUT2D eigenvalue weighted by Crippen LogP contribution is -2.37. The highest BCUT2D eigenvalue weighted by Crippen LogP contribution is 2.50. The number of likely N-dealkylation sites (N-methyl/N-ethyl adjacent to an activating group) is 1. The molecule has 0 unspecified atom stereocenters. The summed E-state index contributed by atoms with van der Waals surface area (Å²) < 4.78 is 0. The Bertz CT molecular complexity index is 520. The number of hydrogen-bond donors (Lipinski definition) is 1. The second-order valence-corrected chi connectivity index (χ2v) is 5.62. The molecule has 0 aromatic heterocycles. The van der Waals surface area contributed by atoms with Crippen molar-refractivity contribution in [2.24, 2.45) is 0 Å². The average molecular weight is 275 g/mol. The number of carbonyl (C=O) groups excluding carboxylic acids is 1. The molecule has 1 aromatic carbocycles. The van der Waals surface area contributed by atoms with Crippen LogP contribution in [0.3, 0.4) is 0 Å². The van der Waals surface area contributed by atoms with Gasteiger partial charge in [0.2, 0.25) is 5.91 Å². The number of carboxylic acid groups (broad SMARTS) is 1. The summed E-state index contributed by atoms with van der Waals surface area (Å²) in [4.78, 5) is 24.8. The van der Waals surface area contributed by atoms with E-state index in [4.69, 9.17) is 5.11 Å². The van der Waals surface area contributed by atoms with Crippen molar-refractivity contribution in [2.75, 3.05) is 13.6 Å². The summed E-state index contributed by atoms with van der Waals surface area (Å²) in [6, 6.07) is 8.02. The van der Waals surface area contributed by atoms with Crippen LogP contribution in [0.25, 0.3) is 0 Å². The minimum atomic E-state index is -0.814. The predicted octanol–water partition coefficient (Wildman–Crippen LogP) is 2.35. The van der Waals surface area contributed by atoms with Crippen LogP contribution in [0.15, 0.2) is 24.3 Å². The second kappa shape index (κ2) is 5.65. The van der Waals surface area contributed by atoms with Crippen molar-refractivity contribution in [1.29, 1.82) is 0 Å². The van der Waals surface area contributed by atoms with Crippen LogP contribution in [0.2, 0.25) is 0 Å². The first kappa shape index (κ1) is 14.6. The van der Waals surface area contributed by atoms with Gasteiger partial charge in [0.25, 0.3) is 0 Å². The lowest BCUT2D eigenvalue weighted by atomic mass is 9.90. The molecule has 1 aromatic rings. The van der Waals surface area contributed by atoms with Crippen molar-refractivity contribution in [3.05, 3.63) is 35.4 Å². The van der Waals surface area contributed by atoms with E-state index in [0.717, 1.165) is 24.0 Å². The molecule has 2 rings (SSSR count). The standard InChI is InChI=1S/C16H21NO3/c1-12-6-3-4-7-13(12)16(9-10-16)15(20)17(2)11-5-8-14(18)19/h3-4,6-7H,5,8-11H2,1-2H3,(H,18,19). The quantitative estimate of drug-likeness (QED) is 0.867. The number of carboxylic acids is 1. The van der Waals surface area contributed by atoms with Crippen molar-refractivity contribution < 1.29 is 14.7 Å². The predicted molar refractivity (Wildman–Crippen MR) is 76.6 cm³/mol. The molecule has 0 saturated heterocycles. The molecule has 1 N–H and O–H groups in total. The molecule has 20 heavy (non-hydrogen) atoms. The van der Waals surface area contributed by atoms with Gasteiger partial charge in [0.15, 0.2) is 0 Å². The van der Waals surface area contributed by atoms with Crippen molar-refractivity contribution in [3.8, 4) is 0 Å². The van der Waals surface area contributed by atoms with Crippen LogP contribution < -0.4 is 0 Å². The molecular weight excluding hydrogens is 254 g/mol. The first-order chi connectivity index (χ1) is 9.47. The third-order valence-electron chi connectivity index (χ3n) is 4.05. The van der Waals surface area contributed by atoms with Gasteiger partial charge in [0, 0.05) is 20.0 Å². The van der Waals surface area contributed by atoms with Gasteiger partial charge in [0.05, 0.1) is 5.41 Å². The Kier molecular flexibility index (Phi) is 4.12. The Morgan fingerprint density at radius 1 is 1.30 bits per heavy atom. The molecule has 0 radical (unpaired) electrons. The van der Waals surface area contributed by atoms with E-state index < -0.39 is 5.97 Å². The monoisotopic (exact) mass is 275 g/mol. The molecule has 0 spiro atoms. The molecule has 0 heterocycles. The lowest BCUT2D eigenvalue weighted by molar-refractivity contribution is -0.138. The van der Waals surface area contributed by atoms with Gasteiger partial charge in [-0.25, -0.2) is 0 Å². The molecule has 1 aliphatic carbocycles. The lowest BCUT2D eigenvalue weighted by Gasteiger charge is -2.24. The van der Waals surface area contributed by atoms with E-state index in [1.54, 1.807) is 11.9 Å². The van der Waals surface area contributed by atoms with E-state index in [0.29, 0.717) is 13.0 Å². The maximum absolute atomic E-state index is 12.6. The largest absolute Gasteiger partial charge is 0.481 e. The third kappa shape index (κ3) is 2.84. The van der Waals surface area contributed by atoms with Gasteiger partial charge in [-0.2, -0.15) is 0 Å². The van der Waals surface area contributed by atoms with Gasteiger partial charge in [-0.15, -0.1) is 0 Å². The zero-order valence-corrected chi connectivity index (χ0v) is 12.1. The maximum Gasteiger partial charge on any atom is 0.303 e. The van der Waals surface area contributed by atoms with E-state index >= 15 is 0 Å². The minimum absolute atomic E-state index is 0.106. The second-order valence-electron chi connectivity index (χ2n) is 5.62. The zero-order valence-electron chi connectivity index (χ0n) is 12.1. The Labute approximate surface area is 119 Å². The third-order valence-corrected chi connectivity index (χ3v) is 4.05. The van der Waals surface area contributed by atoms with E-state index in [9.17, 15) is 9.59 Å².